The van der Waals surface area contributed by atoms with Crippen molar-refractivity contribution in [2.24, 2.45) is 0 Å². The highest BCUT2D eigenvalue weighted by Crippen LogP contribution is 2.24. The Hall–Kier alpha value is -2.24. The van der Waals surface area contributed by atoms with Gasteiger partial charge in [-0.15, -0.1) is 0 Å². The van der Waals surface area contributed by atoms with Crippen LogP contribution in [0.25, 0.3) is 0 Å². The maximum Gasteiger partial charge on any atom is 0.261 e. The van der Waals surface area contributed by atoms with E-state index in [9.17, 15) is 9.59 Å². The lowest BCUT2D eigenvalue weighted by atomic mass is 10.1. The van der Waals surface area contributed by atoms with E-state index in [4.69, 9.17) is 27.9 Å². The van der Waals surface area contributed by atoms with Crippen LogP contribution in [-0.2, 0) is 22.6 Å². The number of carbonyl (C=O) groups is 2. The number of nitrogens with zero attached hydrogens (tertiary/aromatic N) is 1. The fraction of sp³-hybridized carbons (Fsp3) is 0.364. The number of hydrogen-bond donors (Lipinski definition) is 1. The van der Waals surface area contributed by atoms with Gasteiger partial charge in [-0.25, -0.2) is 0 Å². The lowest BCUT2D eigenvalue weighted by molar-refractivity contribution is -0.142. The van der Waals surface area contributed by atoms with Crippen molar-refractivity contribution >= 4 is 35.0 Å². The van der Waals surface area contributed by atoms with Crippen molar-refractivity contribution in [3.63, 3.8) is 0 Å². The first-order valence-electron chi connectivity index (χ1n) is 9.58. The molecule has 0 fully saturated rings. The Morgan fingerprint density at radius 1 is 1.03 bits per heavy atom. The lowest BCUT2D eigenvalue weighted by Crippen LogP contribution is -2.49. The van der Waals surface area contributed by atoms with Crippen molar-refractivity contribution in [1.82, 2.24) is 10.2 Å². The zero-order chi connectivity index (χ0) is 21.4. The summed E-state index contributed by atoms with van der Waals surface area (Å²) in [5, 5.41) is 3.58. The molecule has 2 aromatic rings. The summed E-state index contributed by atoms with van der Waals surface area (Å²) in [7, 11) is 0. The molecule has 2 aromatic carbocycles. The second kappa shape index (κ2) is 11.1. The normalized spacial score (nSPS) is 11.6. The molecule has 0 unspecified atom stereocenters. The molecule has 0 aliphatic rings. The maximum absolute atomic E-state index is 12.9. The largest absolute Gasteiger partial charge is 0.484 e. The molecule has 0 saturated heterocycles. The first-order chi connectivity index (χ1) is 13.8. The molecule has 1 atom stereocenters. The Kier molecular flexibility index (Phi) is 8.80. The quantitative estimate of drug-likeness (QED) is 0.629. The molecule has 0 aliphatic carbocycles. The maximum atomic E-state index is 12.9. The number of benzene rings is 2. The third kappa shape index (κ3) is 6.65. The van der Waals surface area contributed by atoms with Gasteiger partial charge in [0.25, 0.3) is 5.91 Å². The van der Waals surface area contributed by atoms with Gasteiger partial charge in [0, 0.05) is 13.1 Å². The molecule has 0 spiro atoms. The monoisotopic (exact) mass is 436 g/mol. The molecule has 7 heteroatoms. The summed E-state index contributed by atoms with van der Waals surface area (Å²) in [5.41, 5.74) is 1.96. The fourth-order valence-corrected chi connectivity index (χ4v) is 3.11. The van der Waals surface area contributed by atoms with Crippen LogP contribution in [0.5, 0.6) is 5.75 Å². The van der Waals surface area contributed by atoms with Gasteiger partial charge in [0.15, 0.2) is 6.61 Å². The van der Waals surface area contributed by atoms with Crippen molar-refractivity contribution in [1.29, 1.82) is 0 Å². The standard InChI is InChI=1S/C22H26Cl2N2O3/c1-4-16-6-9-18(10-7-16)29-14-21(27)26(15(3)22(28)25-5-2)13-17-8-11-19(23)20(24)12-17/h6-12,15H,4-5,13-14H2,1-3H3,(H,25,28)/t15-/m0/s1. The van der Waals surface area contributed by atoms with E-state index in [0.29, 0.717) is 22.3 Å². The van der Waals surface area contributed by atoms with Crippen LogP contribution in [0.15, 0.2) is 42.5 Å². The van der Waals surface area contributed by atoms with Crippen molar-refractivity contribution in [3.8, 4) is 5.75 Å². The first kappa shape index (κ1) is 23.0. The summed E-state index contributed by atoms with van der Waals surface area (Å²) in [6, 6.07) is 12.1. The highest BCUT2D eigenvalue weighted by atomic mass is 35.5. The van der Waals surface area contributed by atoms with Gasteiger partial charge in [-0.3, -0.25) is 9.59 Å². The molecule has 0 radical (unpaired) electrons. The van der Waals surface area contributed by atoms with Gasteiger partial charge in [-0.1, -0.05) is 48.3 Å². The van der Waals surface area contributed by atoms with Crippen LogP contribution in [0.2, 0.25) is 10.0 Å². The zero-order valence-corrected chi connectivity index (χ0v) is 18.4. The van der Waals surface area contributed by atoms with Crippen molar-refractivity contribution in [3.05, 3.63) is 63.6 Å². The first-order valence-corrected chi connectivity index (χ1v) is 10.3. The van der Waals surface area contributed by atoms with Gasteiger partial charge >= 0.3 is 0 Å². The van der Waals surface area contributed by atoms with E-state index < -0.39 is 6.04 Å². The predicted octanol–water partition coefficient (Wildman–Crippen LogP) is 4.49. The Morgan fingerprint density at radius 2 is 1.69 bits per heavy atom. The molecule has 1 N–H and O–H groups in total. The van der Waals surface area contributed by atoms with Crippen molar-refractivity contribution in [2.45, 2.75) is 39.8 Å². The highest BCUT2D eigenvalue weighted by Gasteiger charge is 2.26. The Labute approximate surface area is 181 Å². The lowest BCUT2D eigenvalue weighted by Gasteiger charge is -2.28. The minimum atomic E-state index is -0.664. The van der Waals surface area contributed by atoms with Crippen LogP contribution in [0.3, 0.4) is 0 Å². The summed E-state index contributed by atoms with van der Waals surface area (Å²) >= 11 is 12.1. The number of likely N-dealkylation sites (N-methyl/N-ethyl adjacent to an activating group) is 1. The Bertz CT molecular complexity index is 840. The van der Waals surface area contributed by atoms with Crippen LogP contribution in [0.4, 0.5) is 0 Å². The second-order valence-electron chi connectivity index (χ2n) is 6.63. The molecule has 0 saturated carbocycles. The predicted molar refractivity (Wildman–Crippen MR) is 116 cm³/mol. The number of carbonyl (C=O) groups excluding carboxylic acids is 2. The summed E-state index contributed by atoms with van der Waals surface area (Å²) in [6.07, 6.45) is 0.931. The highest BCUT2D eigenvalue weighted by molar-refractivity contribution is 6.42. The molecule has 0 heterocycles. The average molecular weight is 437 g/mol. The van der Waals surface area contributed by atoms with Gasteiger partial charge in [0.05, 0.1) is 10.0 Å². The van der Waals surface area contributed by atoms with Crippen molar-refractivity contribution in [2.75, 3.05) is 13.2 Å². The van der Waals surface area contributed by atoms with Gasteiger partial charge in [0.2, 0.25) is 5.91 Å². The van der Waals surface area contributed by atoms with E-state index in [-0.39, 0.29) is 25.0 Å². The van der Waals surface area contributed by atoms with Crippen molar-refractivity contribution < 1.29 is 14.3 Å². The van der Waals surface area contributed by atoms with E-state index in [1.807, 2.05) is 31.2 Å². The van der Waals surface area contributed by atoms with Crippen LogP contribution in [-0.4, -0.2) is 35.9 Å². The number of ether oxygens (including phenoxy) is 1. The van der Waals surface area contributed by atoms with E-state index in [0.717, 1.165) is 12.0 Å². The Morgan fingerprint density at radius 3 is 2.28 bits per heavy atom. The van der Waals surface area contributed by atoms with Gasteiger partial charge in [-0.2, -0.15) is 0 Å². The zero-order valence-electron chi connectivity index (χ0n) is 16.9. The molecule has 2 amide bonds. The van der Waals surface area contributed by atoms with E-state index in [2.05, 4.69) is 12.2 Å². The molecule has 156 valence electrons. The topological polar surface area (TPSA) is 58.6 Å². The average Bonchev–Trinajstić information content (AvgIpc) is 2.72. The third-order valence-corrected chi connectivity index (χ3v) is 5.29. The van der Waals surface area contributed by atoms with E-state index >= 15 is 0 Å². The van der Waals surface area contributed by atoms with Crippen LogP contribution >= 0.6 is 23.2 Å². The number of nitrogens with one attached hydrogen (secondary N) is 1. The van der Waals surface area contributed by atoms with E-state index in [1.165, 1.54) is 10.5 Å². The van der Waals surface area contributed by atoms with Gasteiger partial charge in [-0.05, 0) is 55.7 Å². The van der Waals surface area contributed by atoms with Crippen LogP contribution in [0, 0.1) is 0 Å². The number of hydrogen-bond acceptors (Lipinski definition) is 3. The molecule has 0 aliphatic heterocycles. The Balaban J connectivity index is 2.14. The summed E-state index contributed by atoms with van der Waals surface area (Å²) in [6.45, 7) is 6.12. The summed E-state index contributed by atoms with van der Waals surface area (Å²) < 4.78 is 5.65. The summed E-state index contributed by atoms with van der Waals surface area (Å²) in [5.74, 6) is 0.0818. The molecule has 5 nitrogen and oxygen atoms in total. The molecule has 2 rings (SSSR count). The third-order valence-electron chi connectivity index (χ3n) is 4.55. The minimum Gasteiger partial charge on any atom is -0.484 e. The van der Waals surface area contributed by atoms with Gasteiger partial charge in [0.1, 0.15) is 11.8 Å². The fourth-order valence-electron chi connectivity index (χ4n) is 2.79. The molecular weight excluding hydrogens is 411 g/mol. The number of halogens is 2. The van der Waals surface area contributed by atoms with Crippen LogP contribution < -0.4 is 10.1 Å². The minimum absolute atomic E-state index is 0.170. The molecule has 0 aromatic heterocycles. The van der Waals surface area contributed by atoms with Crippen LogP contribution in [0.1, 0.15) is 31.9 Å². The number of rotatable bonds is 9. The van der Waals surface area contributed by atoms with Gasteiger partial charge < -0.3 is 15.0 Å². The number of amides is 2. The van der Waals surface area contributed by atoms with E-state index in [1.54, 1.807) is 25.1 Å². The molecular formula is C22H26Cl2N2O3. The SMILES string of the molecule is CCNC(=O)[C@H](C)N(Cc1ccc(Cl)c(Cl)c1)C(=O)COc1ccc(CC)cc1. The molecule has 29 heavy (non-hydrogen) atoms. The molecule has 0 bridgehead atoms. The summed E-state index contributed by atoms with van der Waals surface area (Å²) in [4.78, 5) is 26.7. The smallest absolute Gasteiger partial charge is 0.261 e. The number of aryl methyl sites for hydroxylation is 1. The second-order valence-corrected chi connectivity index (χ2v) is 7.44.